The Bertz CT molecular complexity index is 1870. The van der Waals surface area contributed by atoms with Gasteiger partial charge in [0.2, 0.25) is 0 Å². The summed E-state index contributed by atoms with van der Waals surface area (Å²) >= 11 is 0. The van der Waals surface area contributed by atoms with Gasteiger partial charge in [0.05, 0.1) is 0 Å². The summed E-state index contributed by atoms with van der Waals surface area (Å²) in [5.41, 5.74) is 0.836. The number of carbonyl (C=O) groups is 4. The molecule has 0 atom stereocenters. The fraction of sp³-hybridized carbons (Fsp3) is 0.451. The van der Waals surface area contributed by atoms with E-state index >= 15 is 0 Å². The number of aliphatic hydroxyl groups is 3. The zero-order chi connectivity index (χ0) is 44.2. The normalized spacial score (nSPS) is 16.6. The van der Waals surface area contributed by atoms with Crippen LogP contribution in [-0.2, 0) is 26.2 Å². The number of nitrogens with zero attached hydrogens (tertiary/aromatic N) is 2. The predicted molar refractivity (Wildman–Crippen MR) is 236 cm³/mol. The van der Waals surface area contributed by atoms with Crippen molar-refractivity contribution in [2.45, 2.75) is 143 Å². The SMILES string of the molecule is CC(C)(C)C(=O)c1cccc(CN(Cc2cccc(C(=O)C(C)(C)O)c2)C2CCC(N(Cc3cccc(C(=O)C(C)(C)O)c3)Cc3cccc(C(=O)C(C)(C)O)c3)CC2)c1. The Labute approximate surface area is 356 Å². The maximum absolute atomic E-state index is 13.3. The highest BCUT2D eigenvalue weighted by Gasteiger charge is 2.32. The summed E-state index contributed by atoms with van der Waals surface area (Å²) in [6, 6.07) is 30.5. The van der Waals surface area contributed by atoms with E-state index in [2.05, 4.69) is 15.9 Å². The first-order valence-electron chi connectivity index (χ1n) is 21.1. The molecule has 0 bridgehead atoms. The van der Waals surface area contributed by atoms with E-state index in [9.17, 15) is 34.5 Å². The summed E-state index contributed by atoms with van der Waals surface area (Å²) in [5.74, 6) is -0.954. The Morgan fingerprint density at radius 3 is 0.883 bits per heavy atom. The highest BCUT2D eigenvalue weighted by atomic mass is 16.3. The average molecular weight is 817 g/mol. The number of hydrogen-bond donors (Lipinski definition) is 3. The van der Waals surface area contributed by atoms with Gasteiger partial charge in [-0.3, -0.25) is 29.0 Å². The third-order valence-corrected chi connectivity index (χ3v) is 11.3. The van der Waals surface area contributed by atoms with Crippen LogP contribution in [0.15, 0.2) is 97.1 Å². The van der Waals surface area contributed by atoms with Gasteiger partial charge >= 0.3 is 0 Å². The molecule has 0 radical (unpaired) electrons. The molecule has 0 aromatic heterocycles. The van der Waals surface area contributed by atoms with E-state index in [0.29, 0.717) is 48.4 Å². The lowest BCUT2D eigenvalue weighted by Gasteiger charge is -2.41. The maximum Gasteiger partial charge on any atom is 0.193 e. The molecule has 320 valence electrons. The molecule has 4 aromatic carbocycles. The number of benzene rings is 4. The van der Waals surface area contributed by atoms with Crippen LogP contribution in [0, 0.1) is 5.41 Å². The Balaban J connectivity index is 1.44. The van der Waals surface area contributed by atoms with E-state index in [1.54, 1.807) is 18.2 Å². The molecule has 1 fully saturated rings. The third kappa shape index (κ3) is 12.2. The molecule has 0 unspecified atom stereocenters. The van der Waals surface area contributed by atoms with Crippen LogP contribution in [0.4, 0.5) is 0 Å². The quantitative estimate of drug-likeness (QED) is 0.0894. The highest BCUT2D eigenvalue weighted by molar-refractivity contribution is 6.03. The van der Waals surface area contributed by atoms with Crippen LogP contribution in [0.3, 0.4) is 0 Å². The Morgan fingerprint density at radius 2 is 0.667 bits per heavy atom. The van der Waals surface area contributed by atoms with Crippen molar-refractivity contribution in [3.8, 4) is 0 Å². The van der Waals surface area contributed by atoms with Crippen molar-refractivity contribution in [3.05, 3.63) is 142 Å². The number of Topliss-reactive ketones (excluding diaryl/α,β-unsaturated/α-hetero) is 4. The number of rotatable bonds is 17. The summed E-state index contributed by atoms with van der Waals surface area (Å²) in [4.78, 5) is 57.4. The number of carbonyl (C=O) groups excluding carboxylic acids is 4. The molecule has 0 spiro atoms. The molecule has 0 aliphatic heterocycles. The van der Waals surface area contributed by atoms with Gasteiger partial charge in [0.15, 0.2) is 23.1 Å². The Morgan fingerprint density at radius 1 is 0.433 bits per heavy atom. The lowest BCUT2D eigenvalue weighted by Crippen LogP contribution is -2.43. The van der Waals surface area contributed by atoms with Crippen molar-refractivity contribution >= 4 is 23.1 Å². The summed E-state index contributed by atoms with van der Waals surface area (Å²) in [6.45, 7) is 17.0. The second-order valence-electron chi connectivity index (χ2n) is 19.3. The van der Waals surface area contributed by atoms with Crippen molar-refractivity contribution in [3.63, 3.8) is 0 Å². The van der Waals surface area contributed by atoms with Crippen molar-refractivity contribution in [2.24, 2.45) is 5.41 Å². The van der Waals surface area contributed by atoms with Crippen LogP contribution in [0.1, 0.15) is 152 Å². The first-order chi connectivity index (χ1) is 27.9. The van der Waals surface area contributed by atoms with Gasteiger partial charge < -0.3 is 15.3 Å². The molecular formula is C51H64N2O7. The first kappa shape index (κ1) is 46.4. The van der Waals surface area contributed by atoms with Gasteiger partial charge in [0, 0.05) is 65.9 Å². The minimum atomic E-state index is -1.51. The van der Waals surface area contributed by atoms with Gasteiger partial charge in [-0.25, -0.2) is 0 Å². The van der Waals surface area contributed by atoms with Gasteiger partial charge in [-0.15, -0.1) is 0 Å². The first-order valence-corrected chi connectivity index (χ1v) is 21.1. The van der Waals surface area contributed by atoms with Crippen LogP contribution in [0.5, 0.6) is 0 Å². The molecule has 0 saturated heterocycles. The van der Waals surface area contributed by atoms with Crippen molar-refractivity contribution in [1.29, 1.82) is 0 Å². The van der Waals surface area contributed by atoms with Crippen LogP contribution in [-0.4, -0.2) is 77.1 Å². The zero-order valence-corrected chi connectivity index (χ0v) is 36.9. The van der Waals surface area contributed by atoms with E-state index in [1.807, 2.05) is 93.6 Å². The minimum absolute atomic E-state index is 0.0827. The summed E-state index contributed by atoms with van der Waals surface area (Å²) in [5, 5.41) is 31.5. The average Bonchev–Trinajstić information content (AvgIpc) is 3.18. The molecule has 9 heteroatoms. The Hall–Kier alpha value is -4.64. The van der Waals surface area contributed by atoms with Crippen LogP contribution in [0.25, 0.3) is 0 Å². The predicted octanol–water partition coefficient (Wildman–Crippen LogP) is 8.79. The second-order valence-corrected chi connectivity index (χ2v) is 19.3. The third-order valence-electron chi connectivity index (χ3n) is 11.3. The van der Waals surface area contributed by atoms with Crippen molar-refractivity contribution < 1.29 is 34.5 Å². The standard InChI is InChI=1S/C51H64N2O7/c1-48(2,3)44(54)38-18-10-14-34(26-38)30-52(31-35-15-11-19-39(27-35)45(55)49(4,5)58)42-22-24-43(25-23-42)53(32-36-16-12-20-40(28-36)46(56)50(6,7)59)33-37-17-13-21-41(29-37)47(57)51(8,9)60/h10-21,26-29,42-43,58-60H,22-25,30-33H2,1-9H3. The second kappa shape index (κ2) is 18.5. The lowest BCUT2D eigenvalue weighted by atomic mass is 9.86. The van der Waals surface area contributed by atoms with E-state index in [0.717, 1.165) is 47.9 Å². The smallest absolute Gasteiger partial charge is 0.193 e. The maximum atomic E-state index is 13.3. The molecule has 1 aliphatic rings. The minimum Gasteiger partial charge on any atom is -0.382 e. The Kier molecular flexibility index (Phi) is 14.3. The lowest BCUT2D eigenvalue weighted by molar-refractivity contribution is 0.0486. The zero-order valence-electron chi connectivity index (χ0n) is 36.9. The van der Waals surface area contributed by atoms with E-state index in [4.69, 9.17) is 0 Å². The van der Waals surface area contributed by atoms with Crippen molar-refractivity contribution in [2.75, 3.05) is 0 Å². The molecule has 3 N–H and O–H groups in total. The van der Waals surface area contributed by atoms with Crippen LogP contribution < -0.4 is 0 Å². The molecule has 1 saturated carbocycles. The molecule has 4 aromatic rings. The molecule has 60 heavy (non-hydrogen) atoms. The highest BCUT2D eigenvalue weighted by Crippen LogP contribution is 2.32. The summed E-state index contributed by atoms with van der Waals surface area (Å²) < 4.78 is 0. The van der Waals surface area contributed by atoms with Gasteiger partial charge in [0.25, 0.3) is 0 Å². The van der Waals surface area contributed by atoms with Gasteiger partial charge in [-0.1, -0.05) is 93.6 Å². The summed E-state index contributed by atoms with van der Waals surface area (Å²) in [6.07, 6.45) is 3.48. The number of hydrogen-bond acceptors (Lipinski definition) is 9. The molecule has 0 heterocycles. The topological polar surface area (TPSA) is 135 Å². The molecule has 5 rings (SSSR count). The monoisotopic (exact) mass is 816 g/mol. The van der Waals surface area contributed by atoms with E-state index < -0.39 is 22.2 Å². The molecule has 0 amide bonds. The van der Waals surface area contributed by atoms with Gasteiger partial charge in [-0.05, 0) is 114 Å². The summed E-state index contributed by atoms with van der Waals surface area (Å²) in [7, 11) is 0. The molecule has 9 nitrogen and oxygen atoms in total. The fourth-order valence-electron chi connectivity index (χ4n) is 8.09. The van der Waals surface area contributed by atoms with Crippen molar-refractivity contribution in [1.82, 2.24) is 9.80 Å². The molecule has 1 aliphatic carbocycles. The van der Waals surface area contributed by atoms with Gasteiger partial charge in [0.1, 0.15) is 16.8 Å². The van der Waals surface area contributed by atoms with E-state index in [1.165, 1.54) is 41.5 Å². The number of ketones is 4. The van der Waals surface area contributed by atoms with Gasteiger partial charge in [-0.2, -0.15) is 0 Å². The van der Waals surface area contributed by atoms with Crippen LogP contribution >= 0.6 is 0 Å². The molecular weight excluding hydrogens is 753 g/mol. The fourth-order valence-corrected chi connectivity index (χ4v) is 8.09. The van der Waals surface area contributed by atoms with E-state index in [-0.39, 0.29) is 35.2 Å². The van der Waals surface area contributed by atoms with Crippen LogP contribution in [0.2, 0.25) is 0 Å². The largest absolute Gasteiger partial charge is 0.382 e.